The molecule has 0 saturated carbocycles. The number of para-hydroxylation sites is 1. The number of nitrogens with two attached hydrogens (primary N) is 1. The molecule has 9 nitrogen and oxygen atoms in total. The van der Waals surface area contributed by atoms with Gasteiger partial charge < -0.3 is 15.4 Å². The topological polar surface area (TPSA) is 119 Å². The Bertz CT molecular complexity index is 1290. The number of esters is 1. The summed E-state index contributed by atoms with van der Waals surface area (Å²) >= 11 is 0. The molecule has 1 saturated heterocycles. The van der Waals surface area contributed by atoms with E-state index >= 15 is 0 Å². The smallest absolute Gasteiger partial charge is 0.340 e. The molecular formula is C25H23N5O4. The van der Waals surface area contributed by atoms with Crippen molar-refractivity contribution in [3.63, 3.8) is 0 Å². The molecule has 3 amide bonds. The van der Waals surface area contributed by atoms with Crippen LogP contribution in [0.25, 0.3) is 16.6 Å². The maximum absolute atomic E-state index is 13.1. The summed E-state index contributed by atoms with van der Waals surface area (Å²) in [6.07, 6.45) is 6.33. The lowest BCUT2D eigenvalue weighted by molar-refractivity contribution is -0.135. The highest BCUT2D eigenvalue weighted by Crippen LogP contribution is 2.34. The Morgan fingerprint density at radius 1 is 1.09 bits per heavy atom. The summed E-state index contributed by atoms with van der Waals surface area (Å²) < 4.78 is 5.93. The van der Waals surface area contributed by atoms with E-state index in [0.717, 1.165) is 23.7 Å². The molecule has 1 aromatic carbocycles. The van der Waals surface area contributed by atoms with Gasteiger partial charge in [-0.2, -0.15) is 0 Å². The van der Waals surface area contributed by atoms with Gasteiger partial charge in [-0.15, -0.1) is 0 Å². The number of primary amides is 1. The zero-order chi connectivity index (χ0) is 23.7. The molecule has 34 heavy (non-hydrogen) atoms. The van der Waals surface area contributed by atoms with Gasteiger partial charge in [0.15, 0.2) is 6.17 Å². The lowest BCUT2D eigenvalue weighted by atomic mass is 10.0. The van der Waals surface area contributed by atoms with Crippen LogP contribution in [0.2, 0.25) is 0 Å². The molecule has 2 aliphatic rings. The number of fused-ring (bicyclic) bond motifs is 2. The quantitative estimate of drug-likeness (QED) is 0.604. The third-order valence-electron chi connectivity index (χ3n) is 6.15. The van der Waals surface area contributed by atoms with Crippen LogP contribution in [0.5, 0.6) is 0 Å². The number of hydrogen-bond donors (Lipinski definition) is 1. The molecule has 2 N–H and O–H groups in total. The van der Waals surface area contributed by atoms with Gasteiger partial charge in [-0.3, -0.25) is 19.7 Å². The van der Waals surface area contributed by atoms with Gasteiger partial charge in [-0.1, -0.05) is 18.2 Å². The standard InChI is InChI=1S/C25H23N5O4/c26-25(33)30-20(16-8-10-27-11-9-16)14-22(31)29-12-4-3-7-21(23(29)30)34-24(32)18-13-17-5-1-2-6-19(17)28-15-18/h1-2,5-6,8-11,13-15,21,23H,3-4,7,12H2,(H2,26,33). The maximum Gasteiger partial charge on any atom is 0.340 e. The van der Waals surface area contributed by atoms with E-state index in [1.165, 1.54) is 17.2 Å². The third kappa shape index (κ3) is 3.96. The van der Waals surface area contributed by atoms with Crippen molar-refractivity contribution in [3.8, 4) is 0 Å². The number of urea groups is 1. The second-order valence-electron chi connectivity index (χ2n) is 8.28. The Kier molecular flexibility index (Phi) is 5.67. The lowest BCUT2D eigenvalue weighted by Crippen LogP contribution is -2.61. The Balaban J connectivity index is 1.50. The van der Waals surface area contributed by atoms with Crippen molar-refractivity contribution in [2.24, 2.45) is 5.73 Å². The predicted molar refractivity (Wildman–Crippen MR) is 124 cm³/mol. The van der Waals surface area contributed by atoms with Crippen LogP contribution < -0.4 is 5.73 Å². The first kappa shape index (κ1) is 21.6. The van der Waals surface area contributed by atoms with Crippen molar-refractivity contribution in [2.45, 2.75) is 31.5 Å². The van der Waals surface area contributed by atoms with E-state index in [9.17, 15) is 14.4 Å². The number of carbonyl (C=O) groups is 3. The first-order chi connectivity index (χ1) is 16.5. The van der Waals surface area contributed by atoms with Gasteiger partial charge in [0.2, 0.25) is 5.91 Å². The van der Waals surface area contributed by atoms with Crippen molar-refractivity contribution in [1.29, 1.82) is 0 Å². The van der Waals surface area contributed by atoms with Gasteiger partial charge >= 0.3 is 12.0 Å². The summed E-state index contributed by atoms with van der Waals surface area (Å²) in [6.45, 7) is 0.430. The van der Waals surface area contributed by atoms with Gasteiger partial charge in [-0.05, 0) is 43.5 Å². The zero-order valence-corrected chi connectivity index (χ0v) is 18.3. The maximum atomic E-state index is 13.1. The summed E-state index contributed by atoms with van der Waals surface area (Å²) in [5, 5.41) is 0.814. The number of carbonyl (C=O) groups excluding carboxylic acids is 3. The van der Waals surface area contributed by atoms with Crippen molar-refractivity contribution < 1.29 is 19.1 Å². The highest BCUT2D eigenvalue weighted by atomic mass is 16.5. The van der Waals surface area contributed by atoms with E-state index in [4.69, 9.17) is 10.5 Å². The summed E-state index contributed by atoms with van der Waals surface area (Å²) in [5.74, 6) is -0.827. The molecule has 1 fully saturated rings. The van der Waals surface area contributed by atoms with Crippen LogP contribution in [0.3, 0.4) is 0 Å². The van der Waals surface area contributed by atoms with E-state index in [1.54, 1.807) is 35.5 Å². The molecule has 2 aliphatic heterocycles. The minimum absolute atomic E-state index is 0.260. The molecule has 0 radical (unpaired) electrons. The molecule has 0 aliphatic carbocycles. The molecule has 9 heteroatoms. The van der Waals surface area contributed by atoms with Gasteiger partial charge in [0.05, 0.1) is 16.8 Å². The fraction of sp³-hybridized carbons (Fsp3) is 0.240. The van der Waals surface area contributed by atoms with E-state index < -0.39 is 24.3 Å². The highest BCUT2D eigenvalue weighted by molar-refractivity contribution is 6.01. The van der Waals surface area contributed by atoms with Crippen LogP contribution in [0.1, 0.15) is 35.2 Å². The molecule has 4 heterocycles. The largest absolute Gasteiger partial charge is 0.455 e. The lowest BCUT2D eigenvalue weighted by Gasteiger charge is -2.44. The number of benzene rings is 1. The number of hydrogen-bond acceptors (Lipinski definition) is 6. The Morgan fingerprint density at radius 2 is 1.88 bits per heavy atom. The molecule has 2 unspecified atom stereocenters. The van der Waals surface area contributed by atoms with Gasteiger partial charge in [0.25, 0.3) is 0 Å². The van der Waals surface area contributed by atoms with Crippen molar-refractivity contribution in [2.75, 3.05) is 6.54 Å². The number of rotatable bonds is 3. The predicted octanol–water partition coefficient (Wildman–Crippen LogP) is 2.93. The van der Waals surface area contributed by atoms with Crippen LogP contribution in [-0.2, 0) is 9.53 Å². The molecule has 0 bridgehead atoms. The Morgan fingerprint density at radius 3 is 2.68 bits per heavy atom. The third-order valence-corrected chi connectivity index (χ3v) is 6.15. The number of amides is 3. The average Bonchev–Trinajstić information content (AvgIpc) is 3.07. The number of nitrogens with zero attached hydrogens (tertiary/aromatic N) is 4. The summed E-state index contributed by atoms with van der Waals surface area (Å²) in [7, 11) is 0. The molecule has 5 rings (SSSR count). The minimum atomic E-state index is -0.849. The van der Waals surface area contributed by atoms with E-state index in [0.29, 0.717) is 29.8 Å². The van der Waals surface area contributed by atoms with Crippen LogP contribution in [0.15, 0.2) is 67.1 Å². The SMILES string of the molecule is NC(=O)N1C(c2ccncc2)=CC(=O)N2CCCCC(OC(=O)c3cnc4ccccc4c3)C21. The molecule has 2 aromatic heterocycles. The summed E-state index contributed by atoms with van der Waals surface area (Å²) in [4.78, 5) is 50.1. The van der Waals surface area contributed by atoms with Crippen LogP contribution in [0.4, 0.5) is 4.79 Å². The van der Waals surface area contributed by atoms with Crippen molar-refractivity contribution in [1.82, 2.24) is 19.8 Å². The van der Waals surface area contributed by atoms with Crippen LogP contribution in [-0.4, -0.2) is 56.5 Å². The second kappa shape index (κ2) is 8.93. The number of pyridine rings is 2. The van der Waals surface area contributed by atoms with E-state index in [-0.39, 0.29) is 5.91 Å². The minimum Gasteiger partial charge on any atom is -0.455 e. The summed E-state index contributed by atoms with van der Waals surface area (Å²) in [5.41, 5.74) is 7.85. The molecular weight excluding hydrogens is 434 g/mol. The van der Waals surface area contributed by atoms with Gasteiger partial charge in [0, 0.05) is 42.2 Å². The first-order valence-electron chi connectivity index (χ1n) is 11.1. The fourth-order valence-electron chi connectivity index (χ4n) is 4.57. The molecule has 2 atom stereocenters. The molecule has 3 aromatic rings. The van der Waals surface area contributed by atoms with E-state index in [2.05, 4.69) is 9.97 Å². The van der Waals surface area contributed by atoms with Crippen molar-refractivity contribution in [3.05, 3.63) is 78.3 Å². The second-order valence-corrected chi connectivity index (χ2v) is 8.28. The highest BCUT2D eigenvalue weighted by Gasteiger charge is 2.45. The fourth-order valence-corrected chi connectivity index (χ4v) is 4.57. The number of aromatic nitrogens is 2. The monoisotopic (exact) mass is 457 g/mol. The number of ether oxygens (including phenoxy) is 1. The van der Waals surface area contributed by atoms with E-state index in [1.807, 2.05) is 24.3 Å². The first-order valence-corrected chi connectivity index (χ1v) is 11.1. The van der Waals surface area contributed by atoms with Crippen LogP contribution in [0, 0.1) is 0 Å². The average molecular weight is 457 g/mol. The normalized spacial score (nSPS) is 20.4. The van der Waals surface area contributed by atoms with Crippen molar-refractivity contribution >= 4 is 34.5 Å². The molecule has 0 spiro atoms. The molecule has 172 valence electrons. The van der Waals surface area contributed by atoms with Gasteiger partial charge in [0.1, 0.15) is 6.10 Å². The summed E-state index contributed by atoms with van der Waals surface area (Å²) in [6, 6.07) is 11.9. The Labute approximate surface area is 195 Å². The Hall–Kier alpha value is -4.27. The van der Waals surface area contributed by atoms with Gasteiger partial charge in [-0.25, -0.2) is 9.59 Å². The van der Waals surface area contributed by atoms with Crippen LogP contribution >= 0.6 is 0 Å². The zero-order valence-electron chi connectivity index (χ0n) is 18.3.